The van der Waals surface area contributed by atoms with Gasteiger partial charge in [-0.05, 0) is 49.4 Å². The van der Waals surface area contributed by atoms with Gasteiger partial charge in [-0.25, -0.2) is 8.42 Å². The smallest absolute Gasteiger partial charge is 0.255 e. The third-order valence-corrected chi connectivity index (χ3v) is 4.93. The minimum Gasteiger partial charge on any atom is -0.322 e. The quantitative estimate of drug-likeness (QED) is 0.842. The van der Waals surface area contributed by atoms with Crippen LogP contribution in [0.1, 0.15) is 17.3 Å². The summed E-state index contributed by atoms with van der Waals surface area (Å²) in [6.07, 6.45) is 1.14. The van der Waals surface area contributed by atoms with Gasteiger partial charge in [-0.3, -0.25) is 9.10 Å². The number of rotatable bonds is 5. The SMILES string of the molecule is CCN(c1ccc(C(=O)Nc2cc(Cl)cc(Cl)c2)cc1)S(C)(=O)=O. The fourth-order valence-electron chi connectivity index (χ4n) is 2.22. The lowest BCUT2D eigenvalue weighted by Gasteiger charge is -2.20. The molecule has 0 bridgehead atoms. The van der Waals surface area contributed by atoms with Gasteiger partial charge in [-0.1, -0.05) is 23.2 Å². The Morgan fingerprint density at radius 2 is 1.62 bits per heavy atom. The van der Waals surface area contributed by atoms with Crippen LogP contribution >= 0.6 is 23.2 Å². The van der Waals surface area contributed by atoms with Gasteiger partial charge in [0.15, 0.2) is 0 Å². The van der Waals surface area contributed by atoms with Crippen molar-refractivity contribution in [3.63, 3.8) is 0 Å². The molecule has 0 aromatic heterocycles. The van der Waals surface area contributed by atoms with E-state index in [0.29, 0.717) is 33.5 Å². The average Bonchev–Trinajstić information content (AvgIpc) is 2.46. The van der Waals surface area contributed by atoms with Crippen LogP contribution in [0.2, 0.25) is 10.0 Å². The zero-order chi connectivity index (χ0) is 17.9. The number of carbonyl (C=O) groups excluding carboxylic acids is 1. The summed E-state index contributed by atoms with van der Waals surface area (Å²) in [4.78, 5) is 12.3. The lowest BCUT2D eigenvalue weighted by Crippen LogP contribution is -2.29. The summed E-state index contributed by atoms with van der Waals surface area (Å²) in [6, 6.07) is 11.0. The second kappa shape index (κ2) is 7.42. The van der Waals surface area contributed by atoms with E-state index in [0.717, 1.165) is 6.26 Å². The Morgan fingerprint density at radius 3 is 2.08 bits per heavy atom. The number of nitrogens with zero attached hydrogens (tertiary/aromatic N) is 1. The number of carbonyl (C=O) groups is 1. The van der Waals surface area contributed by atoms with Gasteiger partial charge in [0, 0.05) is 27.8 Å². The van der Waals surface area contributed by atoms with Crippen molar-refractivity contribution in [1.82, 2.24) is 0 Å². The highest BCUT2D eigenvalue weighted by Crippen LogP contribution is 2.23. The molecule has 1 N–H and O–H groups in total. The molecule has 128 valence electrons. The van der Waals surface area contributed by atoms with Crippen molar-refractivity contribution in [2.24, 2.45) is 0 Å². The predicted octanol–water partition coefficient (Wildman–Crippen LogP) is 4.03. The molecule has 0 unspecified atom stereocenters. The van der Waals surface area contributed by atoms with Gasteiger partial charge >= 0.3 is 0 Å². The Morgan fingerprint density at radius 1 is 1.08 bits per heavy atom. The fourth-order valence-corrected chi connectivity index (χ4v) is 3.72. The van der Waals surface area contributed by atoms with Crippen molar-refractivity contribution in [3.8, 4) is 0 Å². The third-order valence-electron chi connectivity index (χ3n) is 3.23. The molecule has 1 amide bonds. The maximum absolute atomic E-state index is 12.3. The largest absolute Gasteiger partial charge is 0.322 e. The number of hydrogen-bond acceptors (Lipinski definition) is 3. The Balaban J connectivity index is 2.19. The summed E-state index contributed by atoms with van der Waals surface area (Å²) in [5, 5.41) is 3.53. The second-order valence-corrected chi connectivity index (χ2v) is 7.87. The van der Waals surface area contributed by atoms with Crippen LogP contribution in [0.3, 0.4) is 0 Å². The molecule has 0 heterocycles. The van der Waals surface area contributed by atoms with Crippen molar-refractivity contribution in [1.29, 1.82) is 0 Å². The van der Waals surface area contributed by atoms with Crippen LogP contribution in [0, 0.1) is 0 Å². The predicted molar refractivity (Wildman–Crippen MR) is 98.7 cm³/mol. The molecule has 2 aromatic carbocycles. The summed E-state index contributed by atoms with van der Waals surface area (Å²) in [5.74, 6) is -0.345. The highest BCUT2D eigenvalue weighted by atomic mass is 35.5. The molecule has 24 heavy (non-hydrogen) atoms. The molecule has 0 aliphatic carbocycles. The maximum Gasteiger partial charge on any atom is 0.255 e. The van der Waals surface area contributed by atoms with Gasteiger partial charge in [-0.2, -0.15) is 0 Å². The lowest BCUT2D eigenvalue weighted by molar-refractivity contribution is 0.102. The fraction of sp³-hybridized carbons (Fsp3) is 0.188. The van der Waals surface area contributed by atoms with E-state index in [4.69, 9.17) is 23.2 Å². The maximum atomic E-state index is 12.3. The van der Waals surface area contributed by atoms with Gasteiger partial charge < -0.3 is 5.32 Å². The normalized spacial score (nSPS) is 11.2. The van der Waals surface area contributed by atoms with Crippen LogP contribution in [0.25, 0.3) is 0 Å². The average molecular weight is 387 g/mol. The lowest BCUT2D eigenvalue weighted by atomic mass is 10.2. The second-order valence-electron chi connectivity index (χ2n) is 5.09. The molecule has 0 radical (unpaired) electrons. The Labute approximate surface area is 151 Å². The van der Waals surface area contributed by atoms with Gasteiger partial charge in [0.1, 0.15) is 0 Å². The van der Waals surface area contributed by atoms with Gasteiger partial charge in [0.25, 0.3) is 5.91 Å². The molecule has 8 heteroatoms. The van der Waals surface area contributed by atoms with E-state index in [-0.39, 0.29) is 5.91 Å². The van der Waals surface area contributed by atoms with Crippen molar-refractivity contribution >= 4 is 50.5 Å². The first-order valence-corrected chi connectivity index (χ1v) is 9.66. The molecule has 0 fully saturated rings. The number of sulfonamides is 1. The molecule has 0 spiro atoms. The summed E-state index contributed by atoms with van der Waals surface area (Å²) < 4.78 is 24.7. The van der Waals surface area contributed by atoms with E-state index in [9.17, 15) is 13.2 Å². The van der Waals surface area contributed by atoms with E-state index in [1.165, 1.54) is 4.31 Å². The van der Waals surface area contributed by atoms with Crippen molar-refractivity contribution < 1.29 is 13.2 Å². The van der Waals surface area contributed by atoms with Crippen molar-refractivity contribution in [2.45, 2.75) is 6.92 Å². The van der Waals surface area contributed by atoms with Gasteiger partial charge in [0.05, 0.1) is 11.9 Å². The third kappa shape index (κ3) is 4.63. The number of halogens is 2. The van der Waals surface area contributed by atoms with Crippen LogP contribution < -0.4 is 9.62 Å². The molecule has 2 aromatic rings. The Hall–Kier alpha value is -1.76. The van der Waals surface area contributed by atoms with Crippen LogP contribution in [0.4, 0.5) is 11.4 Å². The Kier molecular flexibility index (Phi) is 5.74. The zero-order valence-corrected chi connectivity index (χ0v) is 15.4. The van der Waals surface area contributed by atoms with Crippen LogP contribution in [0.15, 0.2) is 42.5 Å². The van der Waals surface area contributed by atoms with Crippen molar-refractivity contribution in [2.75, 3.05) is 22.4 Å². The highest BCUT2D eigenvalue weighted by Gasteiger charge is 2.15. The zero-order valence-electron chi connectivity index (χ0n) is 13.1. The molecule has 0 aliphatic heterocycles. The molecule has 0 saturated carbocycles. The van der Waals surface area contributed by atoms with E-state index in [2.05, 4.69) is 5.32 Å². The summed E-state index contributed by atoms with van der Waals surface area (Å²) in [5.41, 5.74) is 1.37. The van der Waals surface area contributed by atoms with Gasteiger partial charge in [0.2, 0.25) is 10.0 Å². The molecule has 2 rings (SSSR count). The number of benzene rings is 2. The highest BCUT2D eigenvalue weighted by molar-refractivity contribution is 7.92. The molecule has 0 aliphatic rings. The number of amides is 1. The Bertz CT molecular complexity index is 832. The van der Waals surface area contributed by atoms with E-state index >= 15 is 0 Å². The minimum atomic E-state index is -3.36. The standard InChI is InChI=1S/C16H16Cl2N2O3S/c1-3-20(24(2,22)23)15-6-4-11(5-7-15)16(21)19-14-9-12(17)8-13(18)10-14/h4-10H,3H2,1-2H3,(H,19,21). The van der Waals surface area contributed by atoms with Crippen molar-refractivity contribution in [3.05, 3.63) is 58.1 Å². The van der Waals surface area contributed by atoms with E-state index in [1.807, 2.05) is 0 Å². The first-order valence-electron chi connectivity index (χ1n) is 7.06. The monoisotopic (exact) mass is 386 g/mol. The summed E-state index contributed by atoms with van der Waals surface area (Å²) in [7, 11) is -3.36. The first-order chi connectivity index (χ1) is 11.2. The molecule has 0 atom stereocenters. The number of anilines is 2. The molecular weight excluding hydrogens is 371 g/mol. The summed E-state index contributed by atoms with van der Waals surface area (Å²) >= 11 is 11.8. The summed E-state index contributed by atoms with van der Waals surface area (Å²) in [6.45, 7) is 2.05. The minimum absolute atomic E-state index is 0.311. The number of nitrogens with one attached hydrogen (secondary N) is 1. The number of hydrogen-bond donors (Lipinski definition) is 1. The van der Waals surface area contributed by atoms with Gasteiger partial charge in [-0.15, -0.1) is 0 Å². The molecular formula is C16H16Cl2N2O3S. The molecule has 0 saturated heterocycles. The van der Waals surface area contributed by atoms with E-state index in [1.54, 1.807) is 49.4 Å². The van der Waals surface area contributed by atoms with Crippen LogP contribution in [-0.2, 0) is 10.0 Å². The molecule has 5 nitrogen and oxygen atoms in total. The first kappa shape index (κ1) is 18.6. The topological polar surface area (TPSA) is 66.5 Å². The van der Waals surface area contributed by atoms with Crippen LogP contribution in [0.5, 0.6) is 0 Å². The van der Waals surface area contributed by atoms with E-state index < -0.39 is 10.0 Å². The van der Waals surface area contributed by atoms with Crippen LogP contribution in [-0.4, -0.2) is 27.1 Å².